The molecule has 6 heteroatoms. The highest BCUT2D eigenvalue weighted by Crippen LogP contribution is 2.21. The van der Waals surface area contributed by atoms with Gasteiger partial charge < -0.3 is 5.32 Å². The first kappa shape index (κ1) is 14.2. The van der Waals surface area contributed by atoms with Crippen LogP contribution in [-0.2, 0) is 11.2 Å². The van der Waals surface area contributed by atoms with Gasteiger partial charge in [0.05, 0.1) is 17.0 Å². The number of halogens is 1. The van der Waals surface area contributed by atoms with E-state index in [-0.39, 0.29) is 18.0 Å². The summed E-state index contributed by atoms with van der Waals surface area (Å²) in [4.78, 5) is 22.1. The predicted octanol–water partition coefficient (Wildman–Crippen LogP) is 3.54. The van der Waals surface area contributed by atoms with Crippen LogP contribution < -0.4 is 5.32 Å². The van der Waals surface area contributed by atoms with Crippen LogP contribution in [0.2, 0.25) is 0 Å². The van der Waals surface area contributed by atoms with E-state index in [1.165, 1.54) is 12.1 Å². The molecule has 0 heterocycles. The van der Waals surface area contributed by atoms with Crippen molar-refractivity contribution in [3.63, 3.8) is 0 Å². The van der Waals surface area contributed by atoms with E-state index in [4.69, 9.17) is 0 Å². The van der Waals surface area contributed by atoms with Crippen LogP contribution in [0.15, 0.2) is 53.0 Å². The molecular formula is C14H11BrN2O3. The Morgan fingerprint density at radius 3 is 2.65 bits per heavy atom. The van der Waals surface area contributed by atoms with Gasteiger partial charge in [0.15, 0.2) is 0 Å². The standard InChI is InChI=1S/C14H11BrN2O3/c15-12-6-1-2-7-13(12)16-14(18)9-10-4-3-5-11(8-10)17(19)20/h1-8H,9H2,(H,16,18). The number of carbonyl (C=O) groups is 1. The first-order chi connectivity index (χ1) is 9.56. The average Bonchev–Trinajstić information content (AvgIpc) is 2.41. The van der Waals surface area contributed by atoms with Crippen molar-refractivity contribution in [2.75, 3.05) is 5.32 Å². The Morgan fingerprint density at radius 1 is 1.20 bits per heavy atom. The first-order valence-electron chi connectivity index (χ1n) is 5.84. The Hall–Kier alpha value is -2.21. The largest absolute Gasteiger partial charge is 0.325 e. The number of benzene rings is 2. The number of carbonyl (C=O) groups excluding carboxylic acids is 1. The number of hydrogen-bond acceptors (Lipinski definition) is 3. The van der Waals surface area contributed by atoms with Gasteiger partial charge in [-0.2, -0.15) is 0 Å². The maximum absolute atomic E-state index is 11.9. The molecule has 0 fully saturated rings. The minimum Gasteiger partial charge on any atom is -0.325 e. The lowest BCUT2D eigenvalue weighted by atomic mass is 10.1. The average molecular weight is 335 g/mol. The van der Waals surface area contributed by atoms with Crippen LogP contribution in [0.5, 0.6) is 0 Å². The number of amides is 1. The number of para-hydroxylation sites is 1. The second-order valence-corrected chi connectivity index (χ2v) is 4.99. The molecule has 0 aliphatic heterocycles. The van der Waals surface area contributed by atoms with Crippen molar-refractivity contribution >= 4 is 33.2 Å². The zero-order valence-corrected chi connectivity index (χ0v) is 12.0. The SMILES string of the molecule is O=C(Cc1cccc([N+](=O)[O-])c1)Nc1ccccc1Br. The Labute approximate surface area is 123 Å². The number of rotatable bonds is 4. The summed E-state index contributed by atoms with van der Waals surface area (Å²) in [6.45, 7) is 0. The highest BCUT2D eigenvalue weighted by Gasteiger charge is 2.10. The molecular weight excluding hydrogens is 324 g/mol. The molecule has 0 radical (unpaired) electrons. The topological polar surface area (TPSA) is 72.2 Å². The summed E-state index contributed by atoms with van der Waals surface area (Å²) in [5.74, 6) is -0.225. The Balaban J connectivity index is 2.07. The molecule has 0 unspecified atom stereocenters. The van der Waals surface area contributed by atoms with Crippen LogP contribution >= 0.6 is 15.9 Å². The van der Waals surface area contributed by atoms with Crippen molar-refractivity contribution < 1.29 is 9.72 Å². The molecule has 0 bridgehead atoms. The van der Waals surface area contributed by atoms with E-state index in [2.05, 4.69) is 21.2 Å². The third-order valence-corrected chi connectivity index (χ3v) is 3.33. The highest BCUT2D eigenvalue weighted by molar-refractivity contribution is 9.10. The molecule has 0 saturated heterocycles. The monoisotopic (exact) mass is 334 g/mol. The van der Waals surface area contributed by atoms with Gasteiger partial charge >= 0.3 is 0 Å². The number of nitro groups is 1. The number of anilines is 1. The highest BCUT2D eigenvalue weighted by atomic mass is 79.9. The molecule has 2 aromatic rings. The number of nitrogens with one attached hydrogen (secondary N) is 1. The van der Waals surface area contributed by atoms with Gasteiger partial charge in [0.25, 0.3) is 5.69 Å². The van der Waals surface area contributed by atoms with Gasteiger partial charge in [-0.15, -0.1) is 0 Å². The molecule has 5 nitrogen and oxygen atoms in total. The lowest BCUT2D eigenvalue weighted by molar-refractivity contribution is -0.384. The van der Waals surface area contributed by atoms with Crippen LogP contribution in [0.1, 0.15) is 5.56 Å². The molecule has 0 aliphatic carbocycles. The molecule has 1 N–H and O–H groups in total. The molecule has 0 aromatic heterocycles. The van der Waals surface area contributed by atoms with Crippen LogP contribution in [-0.4, -0.2) is 10.8 Å². The van der Waals surface area contributed by atoms with E-state index in [1.54, 1.807) is 18.2 Å². The Bertz CT molecular complexity index is 658. The summed E-state index contributed by atoms with van der Waals surface area (Å²) in [6, 6.07) is 13.3. The van der Waals surface area contributed by atoms with E-state index in [0.717, 1.165) is 4.47 Å². The third kappa shape index (κ3) is 3.64. The lowest BCUT2D eigenvalue weighted by Crippen LogP contribution is -2.14. The van der Waals surface area contributed by atoms with Crippen LogP contribution in [0.3, 0.4) is 0 Å². The number of nitro benzene ring substituents is 1. The first-order valence-corrected chi connectivity index (χ1v) is 6.63. The van der Waals surface area contributed by atoms with Gasteiger partial charge in [-0.25, -0.2) is 0 Å². The van der Waals surface area contributed by atoms with Crippen molar-refractivity contribution in [1.82, 2.24) is 0 Å². The summed E-state index contributed by atoms with van der Waals surface area (Å²) in [5.41, 5.74) is 1.25. The van der Waals surface area contributed by atoms with Gasteiger partial charge in [0, 0.05) is 16.6 Å². The molecule has 2 aromatic carbocycles. The molecule has 2 rings (SSSR count). The van der Waals surface area contributed by atoms with Gasteiger partial charge in [0.2, 0.25) is 5.91 Å². The summed E-state index contributed by atoms with van der Waals surface area (Å²) < 4.78 is 0.785. The van der Waals surface area contributed by atoms with E-state index in [1.807, 2.05) is 18.2 Å². The van der Waals surface area contributed by atoms with E-state index in [0.29, 0.717) is 11.3 Å². The minimum atomic E-state index is -0.477. The predicted molar refractivity (Wildman–Crippen MR) is 79.6 cm³/mol. The molecule has 0 atom stereocenters. The Morgan fingerprint density at radius 2 is 1.95 bits per heavy atom. The lowest BCUT2D eigenvalue weighted by Gasteiger charge is -2.07. The Kier molecular flexibility index (Phi) is 4.47. The molecule has 1 amide bonds. The van der Waals surface area contributed by atoms with Crippen molar-refractivity contribution in [2.24, 2.45) is 0 Å². The number of non-ortho nitro benzene ring substituents is 1. The summed E-state index contributed by atoms with van der Waals surface area (Å²) in [5, 5.41) is 13.4. The van der Waals surface area contributed by atoms with Crippen molar-refractivity contribution in [3.8, 4) is 0 Å². The van der Waals surface area contributed by atoms with Gasteiger partial charge in [0.1, 0.15) is 0 Å². The second kappa shape index (κ2) is 6.29. The maximum atomic E-state index is 11.9. The molecule has 20 heavy (non-hydrogen) atoms. The second-order valence-electron chi connectivity index (χ2n) is 4.13. The van der Waals surface area contributed by atoms with Crippen molar-refractivity contribution in [2.45, 2.75) is 6.42 Å². The van der Waals surface area contributed by atoms with E-state index in [9.17, 15) is 14.9 Å². The maximum Gasteiger partial charge on any atom is 0.269 e. The third-order valence-electron chi connectivity index (χ3n) is 2.63. The number of hydrogen-bond donors (Lipinski definition) is 1. The zero-order valence-electron chi connectivity index (χ0n) is 10.4. The zero-order chi connectivity index (χ0) is 14.5. The molecule has 0 aliphatic rings. The molecule has 0 saturated carbocycles. The molecule has 0 spiro atoms. The van der Waals surface area contributed by atoms with E-state index < -0.39 is 4.92 Å². The fourth-order valence-electron chi connectivity index (χ4n) is 1.72. The van der Waals surface area contributed by atoms with Gasteiger partial charge in [-0.3, -0.25) is 14.9 Å². The van der Waals surface area contributed by atoms with Crippen molar-refractivity contribution in [1.29, 1.82) is 0 Å². The minimum absolute atomic E-state index is 0.0174. The van der Waals surface area contributed by atoms with Crippen LogP contribution in [0.4, 0.5) is 11.4 Å². The molecule has 102 valence electrons. The summed E-state index contributed by atoms with van der Waals surface area (Å²) in [7, 11) is 0. The number of nitrogens with zero attached hydrogens (tertiary/aromatic N) is 1. The normalized spacial score (nSPS) is 10.1. The summed E-state index contributed by atoms with van der Waals surface area (Å²) in [6.07, 6.45) is 0.0863. The van der Waals surface area contributed by atoms with Crippen molar-refractivity contribution in [3.05, 3.63) is 68.7 Å². The summed E-state index contributed by atoms with van der Waals surface area (Å²) >= 11 is 3.34. The van der Waals surface area contributed by atoms with Gasteiger partial charge in [-0.05, 0) is 33.6 Å². The fourth-order valence-corrected chi connectivity index (χ4v) is 2.11. The quantitative estimate of drug-likeness (QED) is 0.686. The van der Waals surface area contributed by atoms with E-state index >= 15 is 0 Å². The fraction of sp³-hybridized carbons (Fsp3) is 0.0714. The smallest absolute Gasteiger partial charge is 0.269 e. The van der Waals surface area contributed by atoms with Gasteiger partial charge in [-0.1, -0.05) is 24.3 Å². The van der Waals surface area contributed by atoms with Crippen LogP contribution in [0.25, 0.3) is 0 Å². The van der Waals surface area contributed by atoms with Crippen LogP contribution in [0, 0.1) is 10.1 Å².